The topological polar surface area (TPSA) is 51.1 Å². The van der Waals surface area contributed by atoms with Gasteiger partial charge in [-0.15, -0.1) is 10.2 Å². The van der Waals surface area contributed by atoms with Crippen LogP contribution in [0.1, 0.15) is 13.3 Å². The molecule has 3 rings (SSSR count). The van der Waals surface area contributed by atoms with Crippen LogP contribution >= 0.6 is 11.3 Å². The van der Waals surface area contributed by atoms with E-state index in [0.29, 0.717) is 0 Å². The number of hydrogen-bond acceptors (Lipinski definition) is 6. The Hall–Kier alpha value is -1.53. The largest absolute Gasteiger partial charge is 0.377 e. The lowest BCUT2D eigenvalue weighted by molar-refractivity contribution is 0.0821. The Morgan fingerprint density at radius 3 is 3.16 bits per heavy atom. The number of rotatable bonds is 2. The van der Waals surface area contributed by atoms with Crippen LogP contribution < -0.4 is 4.90 Å². The van der Waals surface area contributed by atoms with Gasteiger partial charge >= 0.3 is 0 Å². The van der Waals surface area contributed by atoms with Crippen LogP contribution in [0.3, 0.4) is 0 Å². The van der Waals surface area contributed by atoms with Gasteiger partial charge in [0.25, 0.3) is 0 Å². The van der Waals surface area contributed by atoms with Crippen molar-refractivity contribution in [2.24, 2.45) is 0 Å². The highest BCUT2D eigenvalue weighted by molar-refractivity contribution is 7.18. The molecule has 3 heterocycles. The van der Waals surface area contributed by atoms with Gasteiger partial charge in [-0.1, -0.05) is 17.4 Å². The first kappa shape index (κ1) is 12.5. The van der Waals surface area contributed by atoms with Crippen LogP contribution in [0.25, 0.3) is 10.7 Å². The Morgan fingerprint density at radius 1 is 1.37 bits per heavy atom. The Bertz CT molecular complexity index is 530. The zero-order chi connectivity index (χ0) is 13.1. The van der Waals surface area contributed by atoms with Gasteiger partial charge in [-0.2, -0.15) is 0 Å². The van der Waals surface area contributed by atoms with Crippen LogP contribution in [-0.4, -0.2) is 41.0 Å². The predicted octanol–water partition coefficient (Wildman–Crippen LogP) is 2.22. The zero-order valence-corrected chi connectivity index (χ0v) is 11.6. The molecule has 5 nitrogen and oxygen atoms in total. The van der Waals surface area contributed by atoms with Gasteiger partial charge in [-0.05, 0) is 25.5 Å². The standard InChI is InChI=1S/C13H16N4OS/c1-10-9-17(7-4-8-18-10)13-16-15-12(19-13)11-5-2-3-6-14-11/h2-3,5-6,10H,4,7-9H2,1H3. The molecule has 100 valence electrons. The molecule has 2 aromatic rings. The molecular formula is C13H16N4OS. The lowest BCUT2D eigenvalue weighted by Crippen LogP contribution is -2.29. The summed E-state index contributed by atoms with van der Waals surface area (Å²) in [6.45, 7) is 4.76. The predicted molar refractivity (Wildman–Crippen MR) is 75.4 cm³/mol. The third kappa shape index (κ3) is 2.90. The van der Waals surface area contributed by atoms with Crippen LogP contribution in [-0.2, 0) is 4.74 Å². The number of anilines is 1. The number of pyridine rings is 1. The number of ether oxygens (including phenoxy) is 1. The quantitative estimate of drug-likeness (QED) is 0.841. The summed E-state index contributed by atoms with van der Waals surface area (Å²) >= 11 is 1.59. The second-order valence-electron chi connectivity index (χ2n) is 4.59. The summed E-state index contributed by atoms with van der Waals surface area (Å²) < 4.78 is 5.65. The van der Waals surface area contributed by atoms with Gasteiger partial charge in [0.2, 0.25) is 5.13 Å². The highest BCUT2D eigenvalue weighted by Crippen LogP contribution is 2.28. The molecular weight excluding hydrogens is 260 g/mol. The van der Waals surface area contributed by atoms with E-state index in [1.807, 2.05) is 18.2 Å². The van der Waals surface area contributed by atoms with Crippen LogP contribution in [0.5, 0.6) is 0 Å². The normalized spacial score (nSPS) is 20.3. The summed E-state index contributed by atoms with van der Waals surface area (Å²) in [5.74, 6) is 0. The summed E-state index contributed by atoms with van der Waals surface area (Å²) in [4.78, 5) is 6.56. The van der Waals surface area contributed by atoms with Crippen LogP contribution in [0.4, 0.5) is 5.13 Å². The lowest BCUT2D eigenvalue weighted by Gasteiger charge is -2.20. The summed E-state index contributed by atoms with van der Waals surface area (Å²) in [7, 11) is 0. The molecule has 0 amide bonds. The van der Waals surface area contributed by atoms with E-state index in [9.17, 15) is 0 Å². The fraction of sp³-hybridized carbons (Fsp3) is 0.462. The van der Waals surface area contributed by atoms with E-state index in [-0.39, 0.29) is 6.10 Å². The van der Waals surface area contributed by atoms with E-state index in [1.54, 1.807) is 17.5 Å². The Morgan fingerprint density at radius 2 is 2.32 bits per heavy atom. The molecule has 0 saturated carbocycles. The van der Waals surface area contributed by atoms with Gasteiger partial charge in [0.1, 0.15) is 5.69 Å². The molecule has 1 saturated heterocycles. The van der Waals surface area contributed by atoms with Gasteiger partial charge in [0, 0.05) is 25.9 Å². The number of hydrogen-bond donors (Lipinski definition) is 0. The van der Waals surface area contributed by atoms with Crippen molar-refractivity contribution in [2.75, 3.05) is 24.6 Å². The molecule has 1 atom stereocenters. The van der Waals surface area contributed by atoms with Crippen molar-refractivity contribution in [2.45, 2.75) is 19.4 Å². The third-order valence-corrected chi connectivity index (χ3v) is 4.03. The molecule has 0 bridgehead atoms. The molecule has 19 heavy (non-hydrogen) atoms. The maximum atomic E-state index is 5.65. The smallest absolute Gasteiger partial charge is 0.208 e. The minimum Gasteiger partial charge on any atom is -0.377 e. The highest BCUT2D eigenvalue weighted by atomic mass is 32.1. The molecule has 6 heteroatoms. The molecule has 1 aliphatic heterocycles. The average molecular weight is 276 g/mol. The second-order valence-corrected chi connectivity index (χ2v) is 5.54. The van der Waals surface area contributed by atoms with E-state index in [4.69, 9.17) is 4.74 Å². The maximum Gasteiger partial charge on any atom is 0.208 e. The summed E-state index contributed by atoms with van der Waals surface area (Å²) in [5.41, 5.74) is 0.880. The van der Waals surface area contributed by atoms with Crippen molar-refractivity contribution < 1.29 is 4.74 Å². The number of nitrogens with zero attached hydrogens (tertiary/aromatic N) is 4. The molecule has 0 N–H and O–H groups in total. The Labute approximate surface area is 116 Å². The highest BCUT2D eigenvalue weighted by Gasteiger charge is 2.19. The Kier molecular flexibility index (Phi) is 3.70. The SMILES string of the molecule is CC1CN(c2nnc(-c3ccccn3)s2)CCCO1. The van der Waals surface area contributed by atoms with Crippen molar-refractivity contribution in [3.05, 3.63) is 24.4 Å². The van der Waals surface area contributed by atoms with Gasteiger partial charge < -0.3 is 9.64 Å². The van der Waals surface area contributed by atoms with E-state index in [2.05, 4.69) is 27.0 Å². The summed E-state index contributed by atoms with van der Waals surface area (Å²) in [5, 5.41) is 10.4. The van der Waals surface area contributed by atoms with Crippen molar-refractivity contribution in [3.8, 4) is 10.7 Å². The molecule has 0 spiro atoms. The van der Waals surface area contributed by atoms with Crippen LogP contribution in [0.15, 0.2) is 24.4 Å². The van der Waals surface area contributed by atoms with E-state index < -0.39 is 0 Å². The molecule has 0 aromatic carbocycles. The molecule has 1 unspecified atom stereocenters. The molecule has 2 aromatic heterocycles. The second kappa shape index (κ2) is 5.63. The summed E-state index contributed by atoms with van der Waals surface area (Å²) in [6.07, 6.45) is 3.05. The van der Waals surface area contributed by atoms with Crippen molar-refractivity contribution in [3.63, 3.8) is 0 Å². The first-order valence-electron chi connectivity index (χ1n) is 6.44. The zero-order valence-electron chi connectivity index (χ0n) is 10.8. The van der Waals surface area contributed by atoms with Crippen molar-refractivity contribution in [1.29, 1.82) is 0 Å². The van der Waals surface area contributed by atoms with Gasteiger partial charge in [0.05, 0.1) is 6.10 Å². The fourth-order valence-corrected chi connectivity index (χ4v) is 2.96. The minimum absolute atomic E-state index is 0.240. The Balaban J connectivity index is 1.81. The first-order chi connectivity index (χ1) is 9.33. The van der Waals surface area contributed by atoms with E-state index in [0.717, 1.165) is 42.0 Å². The first-order valence-corrected chi connectivity index (χ1v) is 7.26. The van der Waals surface area contributed by atoms with Crippen LogP contribution in [0, 0.1) is 0 Å². The van der Waals surface area contributed by atoms with Crippen molar-refractivity contribution >= 4 is 16.5 Å². The van der Waals surface area contributed by atoms with Crippen LogP contribution in [0.2, 0.25) is 0 Å². The molecule has 0 radical (unpaired) electrons. The molecule has 1 aliphatic rings. The molecule has 0 aliphatic carbocycles. The van der Waals surface area contributed by atoms with Crippen molar-refractivity contribution in [1.82, 2.24) is 15.2 Å². The fourth-order valence-electron chi connectivity index (χ4n) is 2.10. The van der Waals surface area contributed by atoms with E-state index in [1.165, 1.54) is 0 Å². The third-order valence-electron chi connectivity index (χ3n) is 3.02. The number of aromatic nitrogens is 3. The average Bonchev–Trinajstić information content (AvgIpc) is 2.83. The van der Waals surface area contributed by atoms with Gasteiger partial charge in [-0.3, -0.25) is 4.98 Å². The molecule has 1 fully saturated rings. The maximum absolute atomic E-state index is 5.65. The van der Waals surface area contributed by atoms with Gasteiger partial charge in [-0.25, -0.2) is 0 Å². The lowest BCUT2D eigenvalue weighted by atomic mass is 10.4. The summed E-state index contributed by atoms with van der Waals surface area (Å²) in [6, 6.07) is 5.82. The van der Waals surface area contributed by atoms with E-state index >= 15 is 0 Å². The minimum atomic E-state index is 0.240. The monoisotopic (exact) mass is 276 g/mol. The van der Waals surface area contributed by atoms with Gasteiger partial charge in [0.15, 0.2) is 5.01 Å².